The number of imidazole rings is 1. The van der Waals surface area contributed by atoms with E-state index in [1.807, 2.05) is 17.7 Å². The van der Waals surface area contributed by atoms with Gasteiger partial charge in [-0.2, -0.15) is 0 Å². The average Bonchev–Trinajstić information content (AvgIpc) is 2.90. The van der Waals surface area contributed by atoms with Crippen LogP contribution in [0.2, 0.25) is 0 Å². The van der Waals surface area contributed by atoms with Crippen LogP contribution in [0, 0.1) is 6.92 Å². The van der Waals surface area contributed by atoms with Crippen LogP contribution in [-0.4, -0.2) is 27.4 Å². The molecule has 1 aliphatic carbocycles. The molecule has 2 atom stereocenters. The SMILES string of the molecule is Cc1nccn1CC(O)COC1CCCc2ccccc21. The molecule has 0 saturated carbocycles. The van der Waals surface area contributed by atoms with E-state index >= 15 is 0 Å². The average molecular weight is 286 g/mol. The Labute approximate surface area is 125 Å². The van der Waals surface area contributed by atoms with Crippen LogP contribution in [0.4, 0.5) is 0 Å². The van der Waals surface area contributed by atoms with Crippen LogP contribution in [0.5, 0.6) is 0 Å². The Hall–Kier alpha value is -1.65. The number of hydrogen-bond donors (Lipinski definition) is 1. The number of aryl methyl sites for hydroxylation is 2. The van der Waals surface area contributed by atoms with Gasteiger partial charge in [-0.05, 0) is 37.3 Å². The van der Waals surface area contributed by atoms with Gasteiger partial charge in [-0.3, -0.25) is 0 Å². The summed E-state index contributed by atoms with van der Waals surface area (Å²) in [4.78, 5) is 4.16. The Morgan fingerprint density at radius 2 is 2.29 bits per heavy atom. The van der Waals surface area contributed by atoms with E-state index < -0.39 is 6.10 Å². The molecule has 4 nitrogen and oxygen atoms in total. The number of nitrogens with zero attached hydrogens (tertiary/aromatic N) is 2. The summed E-state index contributed by atoms with van der Waals surface area (Å²) in [6.45, 7) is 2.82. The minimum Gasteiger partial charge on any atom is -0.389 e. The van der Waals surface area contributed by atoms with Crippen LogP contribution in [0.25, 0.3) is 0 Å². The highest BCUT2D eigenvalue weighted by atomic mass is 16.5. The number of fused-ring (bicyclic) bond motifs is 1. The zero-order valence-electron chi connectivity index (χ0n) is 12.4. The highest BCUT2D eigenvalue weighted by molar-refractivity contribution is 5.31. The number of aliphatic hydroxyl groups excluding tert-OH is 1. The fraction of sp³-hybridized carbons (Fsp3) is 0.471. The number of benzene rings is 1. The first-order chi connectivity index (χ1) is 10.2. The van der Waals surface area contributed by atoms with Crippen LogP contribution in [0.1, 0.15) is 35.9 Å². The molecule has 1 N–H and O–H groups in total. The molecule has 1 heterocycles. The molecule has 0 bridgehead atoms. The zero-order chi connectivity index (χ0) is 14.7. The summed E-state index contributed by atoms with van der Waals surface area (Å²) in [7, 11) is 0. The molecule has 21 heavy (non-hydrogen) atoms. The first kappa shape index (κ1) is 14.3. The Balaban J connectivity index is 1.57. The largest absolute Gasteiger partial charge is 0.389 e. The van der Waals surface area contributed by atoms with Gasteiger partial charge in [0, 0.05) is 12.4 Å². The van der Waals surface area contributed by atoms with Gasteiger partial charge in [0.1, 0.15) is 5.82 Å². The smallest absolute Gasteiger partial charge is 0.105 e. The summed E-state index contributed by atoms with van der Waals surface area (Å²) >= 11 is 0. The maximum Gasteiger partial charge on any atom is 0.105 e. The number of ether oxygens (including phenoxy) is 1. The molecule has 4 heteroatoms. The van der Waals surface area contributed by atoms with Gasteiger partial charge >= 0.3 is 0 Å². The summed E-state index contributed by atoms with van der Waals surface area (Å²) in [5.74, 6) is 0.914. The lowest BCUT2D eigenvalue weighted by Gasteiger charge is -2.26. The summed E-state index contributed by atoms with van der Waals surface area (Å²) in [6.07, 6.45) is 6.56. The van der Waals surface area contributed by atoms with Gasteiger partial charge in [-0.1, -0.05) is 24.3 Å². The molecule has 2 unspecified atom stereocenters. The van der Waals surface area contributed by atoms with E-state index in [0.29, 0.717) is 13.2 Å². The lowest BCUT2D eigenvalue weighted by Crippen LogP contribution is -2.24. The van der Waals surface area contributed by atoms with Crippen molar-refractivity contribution in [3.63, 3.8) is 0 Å². The number of aromatic nitrogens is 2. The van der Waals surface area contributed by atoms with Gasteiger partial charge < -0.3 is 14.4 Å². The van der Waals surface area contributed by atoms with E-state index in [4.69, 9.17) is 4.74 Å². The second-order valence-corrected chi connectivity index (χ2v) is 5.69. The third-order valence-electron chi connectivity index (χ3n) is 4.14. The zero-order valence-corrected chi connectivity index (χ0v) is 12.4. The van der Waals surface area contributed by atoms with Crippen molar-refractivity contribution in [2.75, 3.05) is 6.61 Å². The van der Waals surface area contributed by atoms with Crippen LogP contribution in [0.3, 0.4) is 0 Å². The quantitative estimate of drug-likeness (QED) is 0.919. The molecule has 0 amide bonds. The summed E-state index contributed by atoms with van der Waals surface area (Å²) in [5.41, 5.74) is 2.67. The second kappa shape index (κ2) is 6.41. The topological polar surface area (TPSA) is 47.3 Å². The van der Waals surface area contributed by atoms with Crippen LogP contribution < -0.4 is 0 Å². The predicted molar refractivity (Wildman–Crippen MR) is 81.0 cm³/mol. The van der Waals surface area contributed by atoms with Crippen LogP contribution in [-0.2, 0) is 17.7 Å². The van der Waals surface area contributed by atoms with Gasteiger partial charge in [0.2, 0.25) is 0 Å². The van der Waals surface area contributed by atoms with Crippen molar-refractivity contribution in [1.82, 2.24) is 9.55 Å². The Bertz CT molecular complexity index is 594. The summed E-state index contributed by atoms with van der Waals surface area (Å²) in [5, 5.41) is 10.2. The van der Waals surface area contributed by atoms with E-state index in [0.717, 1.165) is 25.1 Å². The molecule has 0 saturated heterocycles. The maximum absolute atomic E-state index is 10.2. The van der Waals surface area contributed by atoms with E-state index in [2.05, 4.69) is 29.2 Å². The normalized spacial score (nSPS) is 19.2. The highest BCUT2D eigenvalue weighted by Crippen LogP contribution is 2.32. The Kier molecular flexibility index (Phi) is 4.36. The molecule has 1 aromatic carbocycles. The molecule has 3 rings (SSSR count). The molecule has 112 valence electrons. The van der Waals surface area contributed by atoms with Crippen molar-refractivity contribution in [3.8, 4) is 0 Å². The fourth-order valence-electron chi connectivity index (χ4n) is 2.99. The lowest BCUT2D eigenvalue weighted by molar-refractivity contribution is -0.0227. The molecule has 1 aromatic heterocycles. The maximum atomic E-state index is 10.2. The van der Waals surface area contributed by atoms with Crippen molar-refractivity contribution in [2.24, 2.45) is 0 Å². The standard InChI is InChI=1S/C17H22N2O2/c1-13-18-9-10-19(13)11-15(20)12-21-17-8-4-6-14-5-2-3-7-16(14)17/h2-3,5,7,9-10,15,17,20H,4,6,8,11-12H2,1H3. The number of rotatable bonds is 5. The minimum atomic E-state index is -0.507. The van der Waals surface area contributed by atoms with Crippen molar-refractivity contribution in [1.29, 1.82) is 0 Å². The van der Waals surface area contributed by atoms with E-state index in [9.17, 15) is 5.11 Å². The van der Waals surface area contributed by atoms with Crippen molar-refractivity contribution >= 4 is 0 Å². The van der Waals surface area contributed by atoms with E-state index in [1.54, 1.807) is 6.20 Å². The molecule has 2 aromatic rings. The van der Waals surface area contributed by atoms with Crippen molar-refractivity contribution in [2.45, 2.75) is 44.9 Å². The van der Waals surface area contributed by atoms with Crippen LogP contribution in [0.15, 0.2) is 36.7 Å². The molecule has 0 fully saturated rings. The third kappa shape index (κ3) is 3.34. The molecule has 0 aliphatic heterocycles. The van der Waals surface area contributed by atoms with Crippen LogP contribution >= 0.6 is 0 Å². The minimum absolute atomic E-state index is 0.119. The highest BCUT2D eigenvalue weighted by Gasteiger charge is 2.21. The van der Waals surface area contributed by atoms with Gasteiger partial charge in [0.25, 0.3) is 0 Å². The Morgan fingerprint density at radius 3 is 3.10 bits per heavy atom. The number of aliphatic hydroxyl groups is 1. The van der Waals surface area contributed by atoms with Gasteiger partial charge in [-0.15, -0.1) is 0 Å². The van der Waals surface area contributed by atoms with E-state index in [-0.39, 0.29) is 6.10 Å². The molecular formula is C17H22N2O2. The second-order valence-electron chi connectivity index (χ2n) is 5.69. The molecule has 0 spiro atoms. The molecule has 1 aliphatic rings. The third-order valence-corrected chi connectivity index (χ3v) is 4.14. The van der Waals surface area contributed by atoms with E-state index in [1.165, 1.54) is 11.1 Å². The summed E-state index contributed by atoms with van der Waals surface area (Å²) in [6, 6.07) is 8.46. The fourth-order valence-corrected chi connectivity index (χ4v) is 2.99. The van der Waals surface area contributed by atoms with Gasteiger partial charge in [0.15, 0.2) is 0 Å². The number of hydrogen-bond acceptors (Lipinski definition) is 3. The molecule has 0 radical (unpaired) electrons. The first-order valence-electron chi connectivity index (χ1n) is 7.59. The van der Waals surface area contributed by atoms with Gasteiger partial charge in [0.05, 0.1) is 25.4 Å². The summed E-state index contributed by atoms with van der Waals surface area (Å²) < 4.78 is 7.92. The first-order valence-corrected chi connectivity index (χ1v) is 7.59. The van der Waals surface area contributed by atoms with Crippen molar-refractivity contribution < 1.29 is 9.84 Å². The lowest BCUT2D eigenvalue weighted by atomic mass is 9.89. The van der Waals surface area contributed by atoms with Crippen molar-refractivity contribution in [3.05, 3.63) is 53.6 Å². The molecular weight excluding hydrogens is 264 g/mol. The van der Waals surface area contributed by atoms with Gasteiger partial charge in [-0.25, -0.2) is 4.98 Å². The Morgan fingerprint density at radius 1 is 1.43 bits per heavy atom. The predicted octanol–water partition coefficient (Wildman–Crippen LogP) is 2.65. The monoisotopic (exact) mass is 286 g/mol.